The summed E-state index contributed by atoms with van der Waals surface area (Å²) in [7, 11) is 0. The summed E-state index contributed by atoms with van der Waals surface area (Å²) in [6, 6.07) is 8.62. The van der Waals surface area contributed by atoms with Crippen LogP contribution in [0.4, 0.5) is 13.2 Å². The fourth-order valence-corrected chi connectivity index (χ4v) is 5.90. The van der Waals surface area contributed by atoms with Crippen molar-refractivity contribution in [3.63, 3.8) is 0 Å². The van der Waals surface area contributed by atoms with Crippen LogP contribution in [0.25, 0.3) is 11.1 Å². The Morgan fingerprint density at radius 1 is 0.938 bits per heavy atom. The molecule has 4 rings (SSSR count). The number of allylic oxidation sites excluding steroid dienone is 2. The molecule has 0 aromatic heterocycles. The van der Waals surface area contributed by atoms with Gasteiger partial charge in [-0.3, -0.25) is 0 Å². The predicted octanol–water partition coefficient (Wildman–Crippen LogP) is 8.30. The van der Waals surface area contributed by atoms with E-state index in [1.54, 1.807) is 6.07 Å². The van der Waals surface area contributed by atoms with Gasteiger partial charge < -0.3 is 0 Å². The summed E-state index contributed by atoms with van der Waals surface area (Å²) in [5, 5.41) is 8.83. The van der Waals surface area contributed by atoms with Crippen molar-refractivity contribution in [3.8, 4) is 17.2 Å². The third kappa shape index (κ3) is 4.77. The highest BCUT2D eigenvalue weighted by atomic mass is 19.1. The lowest BCUT2D eigenvalue weighted by atomic mass is 9.63. The summed E-state index contributed by atoms with van der Waals surface area (Å²) in [5.74, 6) is 0.292. The van der Waals surface area contributed by atoms with Crippen molar-refractivity contribution in [2.75, 3.05) is 0 Å². The summed E-state index contributed by atoms with van der Waals surface area (Å²) in [6.45, 7) is 2.08. The molecule has 4 atom stereocenters. The lowest BCUT2D eigenvalue weighted by Gasteiger charge is -2.42. The van der Waals surface area contributed by atoms with Crippen molar-refractivity contribution in [3.05, 3.63) is 71.1 Å². The second-order valence-electron chi connectivity index (χ2n) is 9.52. The van der Waals surface area contributed by atoms with Crippen LogP contribution >= 0.6 is 0 Å². The van der Waals surface area contributed by atoms with Gasteiger partial charge in [-0.25, -0.2) is 13.2 Å². The van der Waals surface area contributed by atoms with Crippen molar-refractivity contribution < 1.29 is 13.2 Å². The molecule has 2 aromatic carbocycles. The summed E-state index contributed by atoms with van der Waals surface area (Å²) in [5.41, 5.74) is 0.614. The van der Waals surface area contributed by atoms with Gasteiger partial charge in [0, 0.05) is 5.56 Å². The molecule has 2 aliphatic carbocycles. The molecule has 0 bridgehead atoms. The highest BCUT2D eigenvalue weighted by molar-refractivity contribution is 5.66. The molecule has 0 amide bonds. The molecular formula is C28H30F3N. The second kappa shape index (κ2) is 9.94. The van der Waals surface area contributed by atoms with Crippen LogP contribution < -0.4 is 0 Å². The van der Waals surface area contributed by atoms with Gasteiger partial charge in [-0.15, -0.1) is 0 Å². The molecule has 0 aliphatic heterocycles. The van der Waals surface area contributed by atoms with E-state index in [2.05, 4.69) is 19.1 Å². The van der Waals surface area contributed by atoms with Gasteiger partial charge in [-0.1, -0.05) is 30.7 Å². The molecule has 0 heterocycles. The first kappa shape index (κ1) is 22.6. The number of nitriles is 1. The number of halogens is 3. The van der Waals surface area contributed by atoms with Crippen LogP contribution in [0.5, 0.6) is 0 Å². The van der Waals surface area contributed by atoms with Crippen molar-refractivity contribution in [2.45, 2.75) is 64.2 Å². The summed E-state index contributed by atoms with van der Waals surface area (Å²) >= 11 is 0. The van der Waals surface area contributed by atoms with Crippen LogP contribution in [0.1, 0.15) is 75.3 Å². The highest BCUT2D eigenvalue weighted by Gasteiger charge is 2.35. The second-order valence-corrected chi connectivity index (χ2v) is 9.52. The van der Waals surface area contributed by atoms with E-state index in [1.807, 2.05) is 6.07 Å². The molecule has 168 valence electrons. The lowest BCUT2D eigenvalue weighted by Crippen LogP contribution is -2.30. The van der Waals surface area contributed by atoms with E-state index < -0.39 is 23.0 Å². The Balaban J connectivity index is 1.44. The van der Waals surface area contributed by atoms with Gasteiger partial charge in [-0.2, -0.15) is 5.26 Å². The molecule has 4 unspecified atom stereocenters. The minimum Gasteiger partial charge on any atom is -0.206 e. The Bertz CT molecular complexity index is 1010. The number of rotatable bonds is 5. The van der Waals surface area contributed by atoms with Crippen LogP contribution in [0.2, 0.25) is 0 Å². The normalized spacial score (nSPS) is 25.5. The number of benzene rings is 2. The lowest BCUT2D eigenvalue weighted by molar-refractivity contribution is 0.115. The van der Waals surface area contributed by atoms with Gasteiger partial charge in [0.2, 0.25) is 0 Å². The van der Waals surface area contributed by atoms with E-state index in [-0.39, 0.29) is 11.1 Å². The van der Waals surface area contributed by atoms with Crippen molar-refractivity contribution in [2.24, 2.45) is 17.8 Å². The van der Waals surface area contributed by atoms with Crippen molar-refractivity contribution in [1.82, 2.24) is 0 Å². The quantitative estimate of drug-likeness (QED) is 0.432. The maximum Gasteiger partial charge on any atom is 0.144 e. The highest BCUT2D eigenvalue weighted by Crippen LogP contribution is 2.48. The molecule has 32 heavy (non-hydrogen) atoms. The Hall–Kier alpha value is -2.54. The average Bonchev–Trinajstić information content (AvgIpc) is 2.78. The molecule has 0 N–H and O–H groups in total. The Morgan fingerprint density at radius 2 is 1.66 bits per heavy atom. The minimum absolute atomic E-state index is 0.114. The first-order valence-corrected chi connectivity index (χ1v) is 11.8. The van der Waals surface area contributed by atoms with Gasteiger partial charge in [0.1, 0.15) is 29.1 Å². The van der Waals surface area contributed by atoms with Crippen LogP contribution in [0.15, 0.2) is 42.5 Å². The number of fused-ring (bicyclic) bond motifs is 1. The molecule has 1 nitrogen and oxygen atoms in total. The minimum atomic E-state index is -0.967. The molecule has 2 aromatic rings. The van der Waals surface area contributed by atoms with Crippen molar-refractivity contribution in [1.29, 1.82) is 5.26 Å². The standard InChI is InChI=1S/C28H30F3N/c1-2-3-4-5-18-6-7-20-13-21(9-8-19(20)12-18)22-10-11-24(26(29)14-22)23-15-27(30)25(17-32)28(31)16-23/h2-3,10-11,14-16,18-21H,4-9,12-13H2,1H3/b3-2+. The molecule has 4 heteroatoms. The van der Waals surface area contributed by atoms with E-state index >= 15 is 0 Å². The molecule has 0 saturated heterocycles. The van der Waals surface area contributed by atoms with Crippen LogP contribution in [-0.2, 0) is 0 Å². The smallest absolute Gasteiger partial charge is 0.144 e. The predicted molar refractivity (Wildman–Crippen MR) is 121 cm³/mol. The first-order chi connectivity index (χ1) is 15.5. The Morgan fingerprint density at radius 3 is 2.34 bits per heavy atom. The Kier molecular flexibility index (Phi) is 7.04. The first-order valence-electron chi connectivity index (χ1n) is 11.8. The molecule has 2 fully saturated rings. The van der Waals surface area contributed by atoms with E-state index in [4.69, 9.17) is 5.26 Å². The van der Waals surface area contributed by atoms with E-state index in [9.17, 15) is 13.2 Å². The third-order valence-corrected chi connectivity index (χ3v) is 7.63. The maximum absolute atomic E-state index is 15.0. The largest absolute Gasteiger partial charge is 0.206 e. The average molecular weight is 438 g/mol. The van der Waals surface area contributed by atoms with Gasteiger partial charge in [-0.05, 0) is 105 Å². The number of hydrogen-bond donors (Lipinski definition) is 0. The van der Waals surface area contributed by atoms with Crippen molar-refractivity contribution >= 4 is 0 Å². The van der Waals surface area contributed by atoms with Crippen LogP contribution in [-0.4, -0.2) is 0 Å². The zero-order valence-electron chi connectivity index (χ0n) is 18.6. The summed E-state index contributed by atoms with van der Waals surface area (Å²) < 4.78 is 42.9. The SMILES string of the molecule is C/C=C/CCC1CCC2CC(c3ccc(-c4cc(F)c(C#N)c(F)c4)c(F)c3)CCC2C1. The van der Waals surface area contributed by atoms with E-state index in [0.717, 1.165) is 48.3 Å². The zero-order chi connectivity index (χ0) is 22.7. The topological polar surface area (TPSA) is 23.8 Å². The third-order valence-electron chi connectivity index (χ3n) is 7.63. The summed E-state index contributed by atoms with van der Waals surface area (Å²) in [4.78, 5) is 0. The Labute approximate surface area is 189 Å². The van der Waals surface area contributed by atoms with Crippen LogP contribution in [0, 0.1) is 46.5 Å². The molecular weight excluding hydrogens is 407 g/mol. The van der Waals surface area contributed by atoms with E-state index in [0.29, 0.717) is 5.92 Å². The summed E-state index contributed by atoms with van der Waals surface area (Å²) in [6.07, 6.45) is 14.1. The van der Waals surface area contributed by atoms with Gasteiger partial charge in [0.05, 0.1) is 0 Å². The molecule has 2 aliphatic rings. The van der Waals surface area contributed by atoms with Gasteiger partial charge in [0.15, 0.2) is 0 Å². The number of hydrogen-bond acceptors (Lipinski definition) is 1. The van der Waals surface area contributed by atoms with Gasteiger partial charge in [0.25, 0.3) is 0 Å². The molecule has 0 radical (unpaired) electrons. The fraction of sp³-hybridized carbons (Fsp3) is 0.464. The number of nitrogens with zero attached hydrogens (tertiary/aromatic N) is 1. The molecule has 0 spiro atoms. The van der Waals surface area contributed by atoms with Crippen LogP contribution in [0.3, 0.4) is 0 Å². The zero-order valence-corrected chi connectivity index (χ0v) is 18.6. The van der Waals surface area contributed by atoms with Gasteiger partial charge >= 0.3 is 0 Å². The fourth-order valence-electron chi connectivity index (χ4n) is 5.90. The molecule has 2 saturated carbocycles. The maximum atomic E-state index is 15.0. The monoisotopic (exact) mass is 437 g/mol. The van der Waals surface area contributed by atoms with E-state index in [1.165, 1.54) is 50.7 Å².